The van der Waals surface area contributed by atoms with Crippen molar-refractivity contribution in [1.29, 1.82) is 0 Å². The average molecular weight is 464 g/mol. The van der Waals surface area contributed by atoms with E-state index in [2.05, 4.69) is 10.3 Å². The number of hydrogen-bond acceptors (Lipinski definition) is 5. The molecule has 1 aliphatic heterocycles. The Labute approximate surface area is 195 Å². The van der Waals surface area contributed by atoms with Gasteiger partial charge in [0.25, 0.3) is 11.5 Å². The third-order valence-corrected chi connectivity index (χ3v) is 6.36. The van der Waals surface area contributed by atoms with E-state index < -0.39 is 17.2 Å². The molecule has 34 heavy (non-hydrogen) atoms. The minimum Gasteiger partial charge on any atom is -0.505 e. The van der Waals surface area contributed by atoms with Gasteiger partial charge in [0.1, 0.15) is 16.9 Å². The number of carbonyl (C=O) groups excluding carboxylic acids is 2. The van der Waals surface area contributed by atoms with Crippen molar-refractivity contribution in [2.45, 2.75) is 44.7 Å². The SMILES string of the molecule is O=C(NC1CC1)c1c(O)c2ncc(Cc3ccc(F)cc3)cc2n(CCN2CCCC2=O)c1=O. The van der Waals surface area contributed by atoms with Gasteiger partial charge in [0.05, 0.1) is 5.52 Å². The number of nitrogens with one attached hydrogen (secondary N) is 1. The second-order valence-corrected chi connectivity index (χ2v) is 8.93. The lowest BCUT2D eigenvalue weighted by molar-refractivity contribution is -0.127. The van der Waals surface area contributed by atoms with Gasteiger partial charge < -0.3 is 19.9 Å². The fourth-order valence-corrected chi connectivity index (χ4v) is 4.35. The summed E-state index contributed by atoms with van der Waals surface area (Å²) in [4.78, 5) is 44.3. The Morgan fingerprint density at radius 2 is 1.91 bits per heavy atom. The highest BCUT2D eigenvalue weighted by atomic mass is 19.1. The molecule has 0 unspecified atom stereocenters. The van der Waals surface area contributed by atoms with Crippen LogP contribution in [0, 0.1) is 5.82 Å². The van der Waals surface area contributed by atoms with Crippen LogP contribution in [0.3, 0.4) is 0 Å². The van der Waals surface area contributed by atoms with Gasteiger partial charge in [-0.1, -0.05) is 12.1 Å². The first-order chi connectivity index (χ1) is 16.4. The summed E-state index contributed by atoms with van der Waals surface area (Å²) in [5.41, 5.74) is 1.22. The topological polar surface area (TPSA) is 105 Å². The number of rotatable bonds is 7. The molecule has 3 aromatic rings. The molecule has 176 valence electrons. The lowest BCUT2D eigenvalue weighted by Crippen LogP contribution is -2.37. The summed E-state index contributed by atoms with van der Waals surface area (Å²) in [5, 5.41) is 13.6. The summed E-state index contributed by atoms with van der Waals surface area (Å²) in [6.07, 6.45) is 4.98. The van der Waals surface area contributed by atoms with Crippen LogP contribution in [-0.4, -0.2) is 50.5 Å². The van der Waals surface area contributed by atoms with E-state index in [0.717, 1.165) is 30.4 Å². The van der Waals surface area contributed by atoms with Crippen molar-refractivity contribution in [3.8, 4) is 5.75 Å². The van der Waals surface area contributed by atoms with Gasteiger partial charge in [-0.2, -0.15) is 0 Å². The number of fused-ring (bicyclic) bond motifs is 1. The van der Waals surface area contributed by atoms with Gasteiger partial charge >= 0.3 is 0 Å². The van der Waals surface area contributed by atoms with Gasteiger partial charge in [-0.25, -0.2) is 4.39 Å². The van der Waals surface area contributed by atoms with Crippen LogP contribution in [0.1, 0.15) is 47.2 Å². The van der Waals surface area contributed by atoms with Crippen LogP contribution in [0.2, 0.25) is 0 Å². The number of amides is 2. The molecule has 3 heterocycles. The van der Waals surface area contributed by atoms with E-state index in [9.17, 15) is 23.9 Å². The zero-order chi connectivity index (χ0) is 23.8. The predicted molar refractivity (Wildman–Crippen MR) is 123 cm³/mol. The summed E-state index contributed by atoms with van der Waals surface area (Å²) in [5.74, 6) is -1.35. The van der Waals surface area contributed by atoms with Crippen molar-refractivity contribution in [3.05, 3.63) is 69.4 Å². The first kappa shape index (κ1) is 22.1. The number of hydrogen-bond donors (Lipinski definition) is 2. The van der Waals surface area contributed by atoms with Crippen molar-refractivity contribution in [2.75, 3.05) is 13.1 Å². The first-order valence-electron chi connectivity index (χ1n) is 11.5. The van der Waals surface area contributed by atoms with E-state index in [0.29, 0.717) is 31.4 Å². The molecule has 1 saturated carbocycles. The molecule has 0 radical (unpaired) electrons. The molecule has 2 aliphatic rings. The molecule has 0 bridgehead atoms. The van der Waals surface area contributed by atoms with E-state index in [1.807, 2.05) is 0 Å². The molecule has 1 aliphatic carbocycles. The quantitative estimate of drug-likeness (QED) is 0.559. The second-order valence-electron chi connectivity index (χ2n) is 8.93. The van der Waals surface area contributed by atoms with E-state index in [4.69, 9.17) is 0 Å². The fraction of sp³-hybridized carbons (Fsp3) is 0.360. The summed E-state index contributed by atoms with van der Waals surface area (Å²) in [7, 11) is 0. The molecular weight excluding hydrogens is 439 g/mol. The molecule has 1 aromatic carbocycles. The van der Waals surface area contributed by atoms with Gasteiger partial charge in [0.15, 0.2) is 5.75 Å². The largest absolute Gasteiger partial charge is 0.505 e. The maximum atomic E-state index is 13.4. The number of likely N-dealkylation sites (tertiary alicyclic amines) is 1. The van der Waals surface area contributed by atoms with E-state index >= 15 is 0 Å². The maximum absolute atomic E-state index is 13.4. The van der Waals surface area contributed by atoms with Crippen LogP contribution < -0.4 is 10.9 Å². The predicted octanol–water partition coefficient (Wildman–Crippen LogP) is 2.35. The van der Waals surface area contributed by atoms with E-state index in [1.54, 1.807) is 29.3 Å². The first-order valence-corrected chi connectivity index (χ1v) is 11.5. The molecule has 1 saturated heterocycles. The lowest BCUT2D eigenvalue weighted by atomic mass is 10.1. The van der Waals surface area contributed by atoms with Crippen LogP contribution in [0.25, 0.3) is 11.0 Å². The minimum absolute atomic E-state index is 0.0173. The number of pyridine rings is 2. The third kappa shape index (κ3) is 4.37. The summed E-state index contributed by atoms with van der Waals surface area (Å²) < 4.78 is 14.7. The van der Waals surface area contributed by atoms with Crippen molar-refractivity contribution in [1.82, 2.24) is 19.8 Å². The molecule has 2 N–H and O–H groups in total. The summed E-state index contributed by atoms with van der Waals surface area (Å²) in [6.45, 7) is 1.13. The highest BCUT2D eigenvalue weighted by Gasteiger charge is 2.29. The Hall–Kier alpha value is -3.75. The molecule has 8 nitrogen and oxygen atoms in total. The molecule has 9 heteroatoms. The molecule has 5 rings (SSSR count). The summed E-state index contributed by atoms with van der Waals surface area (Å²) >= 11 is 0. The zero-order valence-electron chi connectivity index (χ0n) is 18.6. The number of halogens is 1. The Morgan fingerprint density at radius 1 is 1.15 bits per heavy atom. The number of benzene rings is 1. The lowest BCUT2D eigenvalue weighted by Gasteiger charge is -2.19. The smallest absolute Gasteiger partial charge is 0.267 e. The van der Waals surface area contributed by atoms with Gasteiger partial charge in [-0.15, -0.1) is 0 Å². The normalized spacial score (nSPS) is 15.8. The van der Waals surface area contributed by atoms with E-state index in [1.165, 1.54) is 16.7 Å². The van der Waals surface area contributed by atoms with Crippen molar-refractivity contribution >= 4 is 22.8 Å². The summed E-state index contributed by atoms with van der Waals surface area (Å²) in [6, 6.07) is 7.88. The Kier molecular flexibility index (Phi) is 5.77. The van der Waals surface area contributed by atoms with Gasteiger partial charge in [0.2, 0.25) is 5.91 Å². The number of carbonyl (C=O) groups is 2. The molecule has 2 amide bonds. The van der Waals surface area contributed by atoms with Crippen LogP contribution in [0.15, 0.2) is 41.3 Å². The number of aromatic hydroxyl groups is 1. The highest BCUT2D eigenvalue weighted by molar-refractivity contribution is 6.01. The van der Waals surface area contributed by atoms with Crippen LogP contribution in [0.4, 0.5) is 4.39 Å². The number of aromatic nitrogens is 2. The van der Waals surface area contributed by atoms with Gasteiger partial charge in [0, 0.05) is 38.3 Å². The van der Waals surface area contributed by atoms with Gasteiger partial charge in [-0.05, 0) is 55.0 Å². The van der Waals surface area contributed by atoms with Crippen LogP contribution in [0.5, 0.6) is 5.75 Å². The molecule has 2 fully saturated rings. The molecular formula is C25H25FN4O4. The third-order valence-electron chi connectivity index (χ3n) is 6.36. The maximum Gasteiger partial charge on any atom is 0.267 e. The van der Waals surface area contributed by atoms with Crippen LogP contribution in [-0.2, 0) is 17.8 Å². The fourth-order valence-electron chi connectivity index (χ4n) is 4.35. The highest BCUT2D eigenvalue weighted by Crippen LogP contribution is 2.27. The Morgan fingerprint density at radius 3 is 2.59 bits per heavy atom. The Bertz CT molecular complexity index is 1330. The van der Waals surface area contributed by atoms with Gasteiger partial charge in [-0.3, -0.25) is 19.4 Å². The second kappa shape index (κ2) is 8.89. The molecule has 0 atom stereocenters. The van der Waals surface area contributed by atoms with Crippen LogP contribution >= 0.6 is 0 Å². The zero-order valence-corrected chi connectivity index (χ0v) is 18.6. The van der Waals surface area contributed by atoms with Crippen molar-refractivity contribution in [2.24, 2.45) is 0 Å². The molecule has 2 aromatic heterocycles. The average Bonchev–Trinajstić information content (AvgIpc) is 3.53. The molecule has 0 spiro atoms. The Balaban J connectivity index is 1.56. The number of nitrogens with zero attached hydrogens (tertiary/aromatic N) is 3. The monoisotopic (exact) mass is 464 g/mol. The van der Waals surface area contributed by atoms with Crippen molar-refractivity contribution in [3.63, 3.8) is 0 Å². The minimum atomic E-state index is -0.616. The standard InChI is InChI=1S/C25H25FN4O4/c26-17-5-3-15(4-6-17)12-16-13-19-22(27-14-16)23(32)21(24(33)28-18-7-8-18)25(34)30(19)11-10-29-9-1-2-20(29)31/h3-6,13-14,18,32H,1-2,7-12H2,(H,28,33). The van der Waals surface area contributed by atoms with E-state index in [-0.39, 0.29) is 35.4 Å². The van der Waals surface area contributed by atoms with Crippen molar-refractivity contribution < 1.29 is 19.1 Å².